The van der Waals surface area contributed by atoms with Crippen molar-refractivity contribution in [2.75, 3.05) is 21.3 Å². The number of sulfonamides is 1. The molecule has 1 N–H and O–H groups in total. The molecule has 3 rings (SSSR count). The summed E-state index contributed by atoms with van der Waals surface area (Å²) in [5.74, 6) is 7.27. The summed E-state index contributed by atoms with van der Waals surface area (Å²) in [5, 5.41) is 3.95. The SMILES string of the molecule is COc1cc(/C=N/NS(=O)(=O)c2ccc(C)cc2)c(C#Cc2ccccc2)c(OC)c1OC. The van der Waals surface area contributed by atoms with Crippen molar-refractivity contribution in [2.45, 2.75) is 11.8 Å². The lowest BCUT2D eigenvalue weighted by atomic mass is 10.0. The highest BCUT2D eigenvalue weighted by Gasteiger charge is 2.19. The topological polar surface area (TPSA) is 86.2 Å². The van der Waals surface area contributed by atoms with Crippen LogP contribution in [0.1, 0.15) is 22.3 Å². The van der Waals surface area contributed by atoms with Crippen molar-refractivity contribution in [3.8, 4) is 29.1 Å². The number of nitrogens with zero attached hydrogens (tertiary/aromatic N) is 1. The highest BCUT2D eigenvalue weighted by molar-refractivity contribution is 7.89. The van der Waals surface area contributed by atoms with Gasteiger partial charge in [-0.2, -0.15) is 13.5 Å². The van der Waals surface area contributed by atoms with E-state index >= 15 is 0 Å². The van der Waals surface area contributed by atoms with Crippen molar-refractivity contribution in [1.82, 2.24) is 4.83 Å². The molecular formula is C25H24N2O5S. The van der Waals surface area contributed by atoms with Gasteiger partial charge < -0.3 is 14.2 Å². The van der Waals surface area contributed by atoms with Crippen molar-refractivity contribution >= 4 is 16.2 Å². The molecule has 0 saturated heterocycles. The lowest BCUT2D eigenvalue weighted by Gasteiger charge is -2.15. The quantitative estimate of drug-likeness (QED) is 0.327. The second-order valence-corrected chi connectivity index (χ2v) is 8.55. The van der Waals surface area contributed by atoms with Crippen molar-refractivity contribution in [3.63, 3.8) is 0 Å². The standard InChI is InChI=1S/C25H24N2O5S/c1-18-10-13-21(14-11-18)33(28,29)27-26-17-20-16-23(30-2)25(32-4)24(31-3)22(20)15-12-19-8-6-5-7-9-19/h5-11,13-14,16-17,27H,1-4H3/b26-17+. The first-order chi connectivity index (χ1) is 15.9. The molecule has 0 unspecified atom stereocenters. The maximum absolute atomic E-state index is 12.6. The van der Waals surface area contributed by atoms with Crippen LogP contribution in [-0.2, 0) is 10.0 Å². The number of methoxy groups -OCH3 is 3. The zero-order valence-corrected chi connectivity index (χ0v) is 19.6. The summed E-state index contributed by atoms with van der Waals surface area (Å²) >= 11 is 0. The molecule has 0 aliphatic heterocycles. The highest BCUT2D eigenvalue weighted by Crippen LogP contribution is 2.41. The van der Waals surface area contributed by atoms with Crippen LogP contribution in [0.2, 0.25) is 0 Å². The third-order valence-corrected chi connectivity index (χ3v) is 5.91. The van der Waals surface area contributed by atoms with E-state index in [2.05, 4.69) is 21.8 Å². The normalized spacial score (nSPS) is 10.9. The van der Waals surface area contributed by atoms with Gasteiger partial charge in [0.1, 0.15) is 0 Å². The van der Waals surface area contributed by atoms with Crippen LogP contribution >= 0.6 is 0 Å². The van der Waals surface area contributed by atoms with Crippen molar-refractivity contribution in [2.24, 2.45) is 5.10 Å². The molecule has 170 valence electrons. The maximum atomic E-state index is 12.6. The molecule has 7 nitrogen and oxygen atoms in total. The third kappa shape index (κ3) is 5.64. The Morgan fingerprint density at radius 1 is 0.879 bits per heavy atom. The predicted molar refractivity (Wildman–Crippen MR) is 128 cm³/mol. The van der Waals surface area contributed by atoms with Gasteiger partial charge >= 0.3 is 0 Å². The molecule has 0 radical (unpaired) electrons. The van der Waals surface area contributed by atoms with Crippen LogP contribution in [0.4, 0.5) is 0 Å². The van der Waals surface area contributed by atoms with Gasteiger partial charge in [0.2, 0.25) is 5.75 Å². The zero-order chi connectivity index (χ0) is 23.8. The molecule has 0 spiro atoms. The Morgan fingerprint density at radius 3 is 2.15 bits per heavy atom. The summed E-state index contributed by atoms with van der Waals surface area (Å²) in [5.41, 5.74) is 2.71. The highest BCUT2D eigenvalue weighted by atomic mass is 32.2. The van der Waals surface area contributed by atoms with Crippen LogP contribution in [0.15, 0.2) is 70.7 Å². The second-order valence-electron chi connectivity index (χ2n) is 6.89. The van der Waals surface area contributed by atoms with Gasteiger partial charge in [0.05, 0.1) is 38.0 Å². The van der Waals surface area contributed by atoms with Gasteiger partial charge in [-0.3, -0.25) is 0 Å². The Kier molecular flexibility index (Phi) is 7.59. The first-order valence-electron chi connectivity index (χ1n) is 9.91. The number of hydrogen-bond acceptors (Lipinski definition) is 6. The summed E-state index contributed by atoms with van der Waals surface area (Å²) in [6.07, 6.45) is 1.35. The Bertz CT molecular complexity index is 1310. The molecule has 3 aromatic carbocycles. The van der Waals surface area contributed by atoms with E-state index in [1.54, 1.807) is 18.2 Å². The van der Waals surface area contributed by atoms with Gasteiger partial charge in [-0.25, -0.2) is 4.83 Å². The van der Waals surface area contributed by atoms with Crippen LogP contribution in [0.3, 0.4) is 0 Å². The van der Waals surface area contributed by atoms with Gasteiger partial charge in [-0.05, 0) is 37.3 Å². The fourth-order valence-electron chi connectivity index (χ4n) is 3.00. The Balaban J connectivity index is 2.04. The molecule has 0 heterocycles. The molecule has 0 fully saturated rings. The fourth-order valence-corrected chi connectivity index (χ4v) is 3.79. The Morgan fingerprint density at radius 2 is 1.55 bits per heavy atom. The molecule has 0 aliphatic carbocycles. The predicted octanol–water partition coefficient (Wildman–Crippen LogP) is 3.73. The molecule has 8 heteroatoms. The molecular weight excluding hydrogens is 440 g/mol. The van der Waals surface area contributed by atoms with E-state index in [0.29, 0.717) is 28.4 Å². The van der Waals surface area contributed by atoms with Crippen molar-refractivity contribution < 1.29 is 22.6 Å². The van der Waals surface area contributed by atoms with Crippen LogP contribution in [0.25, 0.3) is 0 Å². The number of nitrogens with one attached hydrogen (secondary N) is 1. The van der Waals surface area contributed by atoms with E-state index in [4.69, 9.17) is 14.2 Å². The molecule has 33 heavy (non-hydrogen) atoms. The molecule has 0 amide bonds. The fraction of sp³-hybridized carbons (Fsp3) is 0.160. The summed E-state index contributed by atoms with van der Waals surface area (Å²) in [7, 11) is 0.653. The van der Waals surface area contributed by atoms with Crippen molar-refractivity contribution in [3.05, 3.63) is 82.9 Å². The first kappa shape index (κ1) is 23.7. The van der Waals surface area contributed by atoms with E-state index < -0.39 is 10.0 Å². The summed E-state index contributed by atoms with van der Waals surface area (Å²) < 4.78 is 41.5. The Labute approximate surface area is 194 Å². The molecule has 0 bridgehead atoms. The monoisotopic (exact) mass is 464 g/mol. The smallest absolute Gasteiger partial charge is 0.276 e. The summed E-state index contributed by atoms with van der Waals surface area (Å²) in [6.45, 7) is 1.88. The summed E-state index contributed by atoms with van der Waals surface area (Å²) in [6, 6.07) is 17.6. The second kappa shape index (κ2) is 10.6. The van der Waals surface area contributed by atoms with Gasteiger partial charge in [0.25, 0.3) is 10.0 Å². The van der Waals surface area contributed by atoms with Gasteiger partial charge in [0.15, 0.2) is 11.5 Å². The van der Waals surface area contributed by atoms with E-state index in [9.17, 15) is 8.42 Å². The molecule has 0 aliphatic rings. The number of hydrazone groups is 1. The molecule has 0 atom stereocenters. The number of rotatable bonds is 7. The lowest BCUT2D eigenvalue weighted by molar-refractivity contribution is 0.324. The first-order valence-corrected chi connectivity index (χ1v) is 11.4. The van der Waals surface area contributed by atoms with Crippen LogP contribution < -0.4 is 19.0 Å². The number of ether oxygens (including phenoxy) is 3. The van der Waals surface area contributed by atoms with E-state index in [1.807, 2.05) is 37.3 Å². The van der Waals surface area contributed by atoms with E-state index in [0.717, 1.165) is 11.1 Å². The summed E-state index contributed by atoms with van der Waals surface area (Å²) in [4.78, 5) is 2.34. The largest absolute Gasteiger partial charge is 0.493 e. The average Bonchev–Trinajstić information content (AvgIpc) is 2.83. The molecule has 0 aromatic heterocycles. The van der Waals surface area contributed by atoms with Gasteiger partial charge in [-0.15, -0.1) is 0 Å². The van der Waals surface area contributed by atoms with Crippen LogP contribution in [0, 0.1) is 18.8 Å². The number of hydrogen-bond donors (Lipinski definition) is 1. The van der Waals surface area contributed by atoms with E-state index in [1.165, 1.54) is 39.7 Å². The lowest BCUT2D eigenvalue weighted by Crippen LogP contribution is -2.18. The van der Waals surface area contributed by atoms with Gasteiger partial charge in [0, 0.05) is 11.1 Å². The van der Waals surface area contributed by atoms with Crippen molar-refractivity contribution in [1.29, 1.82) is 0 Å². The molecule has 0 saturated carbocycles. The van der Waals surface area contributed by atoms with Crippen LogP contribution in [-0.4, -0.2) is 36.0 Å². The number of aryl methyl sites for hydroxylation is 1. The number of benzene rings is 3. The maximum Gasteiger partial charge on any atom is 0.276 e. The average molecular weight is 465 g/mol. The van der Waals surface area contributed by atoms with Crippen LogP contribution in [0.5, 0.6) is 17.2 Å². The minimum Gasteiger partial charge on any atom is -0.493 e. The van der Waals surface area contributed by atoms with E-state index in [-0.39, 0.29) is 4.90 Å². The minimum absolute atomic E-state index is 0.110. The minimum atomic E-state index is -3.83. The third-order valence-electron chi connectivity index (χ3n) is 4.67. The van der Waals surface area contributed by atoms with Gasteiger partial charge in [-0.1, -0.05) is 47.7 Å². The Hall–Kier alpha value is -3.96. The zero-order valence-electron chi connectivity index (χ0n) is 18.7. The molecule has 3 aromatic rings.